The number of anilines is 3. The highest BCUT2D eigenvalue weighted by Gasteiger charge is 2.57. The van der Waals surface area contributed by atoms with Crippen molar-refractivity contribution in [3.63, 3.8) is 0 Å². The molecule has 1 spiro atoms. The number of amides is 5. The van der Waals surface area contributed by atoms with E-state index in [9.17, 15) is 19.2 Å². The van der Waals surface area contributed by atoms with E-state index in [1.54, 1.807) is 6.20 Å². The summed E-state index contributed by atoms with van der Waals surface area (Å²) in [5.74, 6) is 1.68. The molecule has 0 radical (unpaired) electrons. The van der Waals surface area contributed by atoms with Gasteiger partial charge in [0, 0.05) is 112 Å². The van der Waals surface area contributed by atoms with E-state index in [1.165, 1.54) is 0 Å². The third-order valence-electron chi connectivity index (χ3n) is 19.2. The highest BCUT2D eigenvalue weighted by atomic mass is 16.5. The van der Waals surface area contributed by atoms with Gasteiger partial charge in [0.05, 0.1) is 41.1 Å². The first-order valence-corrected chi connectivity index (χ1v) is 28.4. The summed E-state index contributed by atoms with van der Waals surface area (Å²) >= 11 is 0. The van der Waals surface area contributed by atoms with Gasteiger partial charge >= 0.3 is 0 Å². The number of carbonyl (C=O) groups excluding carboxylic acids is 5. The number of imidazole rings is 1. The molecule has 17 nitrogen and oxygen atoms in total. The summed E-state index contributed by atoms with van der Waals surface area (Å²) in [6.45, 7) is 12.2. The zero-order valence-electron chi connectivity index (χ0n) is 44.0. The maximum absolute atomic E-state index is 15.4. The molecule has 10 heterocycles. The number of fused-ring (bicyclic) bond motifs is 5. The number of rotatable bonds is 11. The summed E-state index contributed by atoms with van der Waals surface area (Å²) in [5.41, 5.74) is 5.39. The predicted octanol–water partition coefficient (Wildman–Crippen LogP) is 6.71. The van der Waals surface area contributed by atoms with Crippen LogP contribution in [0.25, 0.3) is 22.3 Å². The van der Waals surface area contributed by atoms with Crippen molar-refractivity contribution >= 4 is 57.9 Å². The quantitative estimate of drug-likeness (QED) is 0.152. The van der Waals surface area contributed by atoms with Crippen LogP contribution in [0.1, 0.15) is 140 Å². The van der Waals surface area contributed by atoms with E-state index in [0.29, 0.717) is 95.4 Å². The number of aromatic nitrogens is 4. The molecule has 2 aliphatic carbocycles. The molecule has 2 bridgehead atoms. The number of ether oxygens (including phenoxy) is 1. The van der Waals surface area contributed by atoms with E-state index < -0.39 is 10.8 Å². The molecule has 75 heavy (non-hydrogen) atoms. The molecule has 1 aromatic carbocycles. The van der Waals surface area contributed by atoms with Gasteiger partial charge in [-0.2, -0.15) is 0 Å². The number of hydrogen-bond acceptors (Lipinski definition) is 12. The fourth-order valence-electron chi connectivity index (χ4n) is 14.2. The van der Waals surface area contributed by atoms with E-state index in [0.717, 1.165) is 128 Å². The number of hydrogen-bond donors (Lipinski definition) is 2. The number of benzene rings is 1. The molecule has 3 atom stereocenters. The monoisotopic (exact) mass is 1020 g/mol. The second kappa shape index (κ2) is 19.0. The Morgan fingerprint density at radius 1 is 0.827 bits per heavy atom. The van der Waals surface area contributed by atoms with Crippen molar-refractivity contribution < 1.29 is 28.7 Å². The van der Waals surface area contributed by atoms with E-state index in [2.05, 4.69) is 79.9 Å². The molecule has 4 aromatic rings. The van der Waals surface area contributed by atoms with Gasteiger partial charge in [-0.05, 0) is 133 Å². The van der Waals surface area contributed by atoms with Crippen LogP contribution < -0.4 is 20.4 Å². The maximum atomic E-state index is 15.4. The Morgan fingerprint density at radius 3 is 2.24 bits per heavy atom. The van der Waals surface area contributed by atoms with Crippen LogP contribution in [0.5, 0.6) is 0 Å². The Labute approximate surface area is 439 Å². The fraction of sp³-hybridized carbons (Fsp3) is 0.621. The average Bonchev–Trinajstić information content (AvgIpc) is 3.94. The third kappa shape index (κ3) is 8.86. The molecule has 13 rings (SSSR count). The number of carbonyl (C=O) groups is 5. The lowest BCUT2D eigenvalue weighted by Gasteiger charge is -2.49. The van der Waals surface area contributed by atoms with Crippen molar-refractivity contribution in [1.82, 2.24) is 39.5 Å². The number of morpholine rings is 1. The Morgan fingerprint density at radius 2 is 1.56 bits per heavy atom. The smallest absolute Gasteiger partial charge is 0.238 e. The van der Waals surface area contributed by atoms with Crippen molar-refractivity contribution in [2.24, 2.45) is 11.3 Å². The standard InChI is InChI=1S/C58H73N11O6/c1-35(2)68-34-60-47-30-46(62-53(52(47)68)61-39-6-7-39)37-4-11-45-48(27-37)69(41-28-40(29-41)67-32-42-8-9-43(33-67)75-42)56(74)58(45)18-24-66(25-19-58)55(73)57(3)16-22-65(23-17-57)51(71)26-36-14-20-64(21-15-36)49-12-5-38(31-59-49)44-10-13-50(70)63-54(44)72/h4-5,11-12,27,30-31,34-36,39-44H,6-10,13-26,28-29,32-33H2,1-3H3,(H,61,62)(H,63,70,72)/t40?,41?,42-,43?,44+/m0/s1. The summed E-state index contributed by atoms with van der Waals surface area (Å²) < 4.78 is 8.40. The average molecular weight is 1020 g/mol. The molecule has 1 unspecified atom stereocenters. The molecule has 2 N–H and O–H groups in total. The number of imide groups is 1. The predicted molar refractivity (Wildman–Crippen MR) is 284 cm³/mol. The van der Waals surface area contributed by atoms with E-state index in [4.69, 9.17) is 14.7 Å². The Kier molecular flexibility index (Phi) is 12.3. The molecule has 5 amide bonds. The molecule has 17 heteroatoms. The SMILES string of the molecule is CC(C)n1cnc2cc(-c3ccc4c(c3)N(C3CC(N5CC6CC[C@@H](C5)O6)C3)C(=O)C43CCN(C(=O)C4(C)CCN(C(=O)CC5CCN(c6ccc([C@H]7CCC(=O)NC7=O)cn6)CC5)CC4)CC3)nc(NC3CC3)c21. The second-order valence-corrected chi connectivity index (χ2v) is 24.4. The van der Waals surface area contributed by atoms with Crippen molar-refractivity contribution in [2.75, 3.05) is 67.5 Å². The van der Waals surface area contributed by atoms with E-state index in [-0.39, 0.29) is 53.5 Å². The lowest BCUT2D eigenvalue weighted by molar-refractivity contribution is -0.149. The summed E-state index contributed by atoms with van der Waals surface area (Å²) in [6, 6.07) is 13.8. The molecule has 396 valence electrons. The summed E-state index contributed by atoms with van der Waals surface area (Å²) in [4.78, 5) is 93.6. The lowest BCUT2D eigenvalue weighted by Crippen LogP contribution is -2.60. The van der Waals surface area contributed by atoms with Gasteiger partial charge in [-0.25, -0.2) is 15.0 Å². The van der Waals surface area contributed by atoms with Crippen molar-refractivity contribution in [3.8, 4) is 11.3 Å². The molecule has 3 aromatic heterocycles. The van der Waals surface area contributed by atoms with E-state index >= 15 is 4.79 Å². The summed E-state index contributed by atoms with van der Waals surface area (Å²) in [6.07, 6.45) is 16.3. The highest BCUT2D eigenvalue weighted by molar-refractivity contribution is 6.09. The molecule has 9 aliphatic rings. The minimum absolute atomic E-state index is 0.107. The van der Waals surface area contributed by atoms with Gasteiger partial charge in [-0.3, -0.25) is 34.2 Å². The van der Waals surface area contributed by atoms with Crippen molar-refractivity contribution in [3.05, 3.63) is 60.0 Å². The minimum Gasteiger partial charge on any atom is -0.372 e. The first-order chi connectivity index (χ1) is 36.3. The van der Waals surface area contributed by atoms with Gasteiger partial charge in [0.25, 0.3) is 0 Å². The molecular weight excluding hydrogens is 947 g/mol. The number of nitrogens with one attached hydrogen (secondary N) is 2. The molecule has 8 fully saturated rings. The van der Waals surface area contributed by atoms with Crippen molar-refractivity contribution in [2.45, 2.75) is 165 Å². The summed E-state index contributed by atoms with van der Waals surface area (Å²) in [7, 11) is 0. The number of nitrogens with zero attached hydrogens (tertiary/aromatic N) is 9. The van der Waals surface area contributed by atoms with Crippen molar-refractivity contribution in [1.29, 1.82) is 0 Å². The molecular formula is C58H73N11O6. The number of pyridine rings is 2. The van der Waals surface area contributed by atoms with Crippen LogP contribution in [0.2, 0.25) is 0 Å². The number of piperidine rings is 4. The normalized spacial score (nSPS) is 27.8. The fourth-order valence-corrected chi connectivity index (χ4v) is 14.2. The highest BCUT2D eigenvalue weighted by Crippen LogP contribution is 2.53. The van der Waals surface area contributed by atoms with E-state index in [1.807, 2.05) is 28.3 Å². The zero-order valence-corrected chi connectivity index (χ0v) is 44.0. The molecule has 2 saturated carbocycles. The molecule has 7 aliphatic heterocycles. The molecule has 6 saturated heterocycles. The van der Waals surface area contributed by atoms with Crippen LogP contribution in [0, 0.1) is 11.3 Å². The van der Waals surface area contributed by atoms with Crippen LogP contribution >= 0.6 is 0 Å². The lowest BCUT2D eigenvalue weighted by atomic mass is 9.72. The third-order valence-corrected chi connectivity index (χ3v) is 19.2. The Balaban J connectivity index is 0.658. The van der Waals surface area contributed by atoms with Crippen LogP contribution in [0.15, 0.2) is 48.9 Å². The van der Waals surface area contributed by atoms with Crippen LogP contribution in [-0.4, -0.2) is 146 Å². The zero-order chi connectivity index (χ0) is 51.3. The number of likely N-dealkylation sites (tertiary alicyclic amines) is 3. The maximum Gasteiger partial charge on any atom is 0.238 e. The van der Waals surface area contributed by atoms with Gasteiger partial charge < -0.3 is 34.2 Å². The minimum atomic E-state index is -0.703. The topological polar surface area (TPSA) is 178 Å². The van der Waals surface area contributed by atoms with Crippen LogP contribution in [-0.2, 0) is 34.1 Å². The van der Waals surface area contributed by atoms with Gasteiger partial charge in [0.2, 0.25) is 29.5 Å². The Hall–Kier alpha value is -5.94. The van der Waals surface area contributed by atoms with Crippen LogP contribution in [0.3, 0.4) is 0 Å². The van der Waals surface area contributed by atoms with Gasteiger partial charge in [-0.15, -0.1) is 0 Å². The van der Waals surface area contributed by atoms with Gasteiger partial charge in [0.15, 0.2) is 5.82 Å². The second-order valence-electron chi connectivity index (χ2n) is 24.4. The Bertz CT molecular complexity index is 2890. The first-order valence-electron chi connectivity index (χ1n) is 28.4. The van der Waals surface area contributed by atoms with Crippen LogP contribution in [0.4, 0.5) is 17.3 Å². The first kappa shape index (κ1) is 48.7. The largest absolute Gasteiger partial charge is 0.372 e. The van der Waals surface area contributed by atoms with Gasteiger partial charge in [0.1, 0.15) is 11.3 Å². The summed E-state index contributed by atoms with van der Waals surface area (Å²) in [5, 5.41) is 6.14. The van der Waals surface area contributed by atoms with Gasteiger partial charge in [-0.1, -0.05) is 25.1 Å².